The van der Waals surface area contributed by atoms with Crippen LogP contribution in [0.15, 0.2) is 59.4 Å². The fraction of sp³-hybridized carbons (Fsp3) is 0. The Hall–Kier alpha value is -2.13. The summed E-state index contributed by atoms with van der Waals surface area (Å²) in [6.45, 7) is 0. The lowest BCUT2D eigenvalue weighted by Crippen LogP contribution is -1.85. The first-order valence-electron chi connectivity index (χ1n) is 5.55. The van der Waals surface area contributed by atoms with E-state index in [2.05, 4.69) is 11.1 Å². The van der Waals surface area contributed by atoms with Crippen molar-refractivity contribution in [3.8, 4) is 22.8 Å². The second kappa shape index (κ2) is 5.02. The summed E-state index contributed by atoms with van der Waals surface area (Å²) in [6.07, 6.45) is 0. The van der Waals surface area contributed by atoms with E-state index in [0.717, 1.165) is 22.8 Å². The Kier molecular flexibility index (Phi) is 3.07. The number of hydrogen-bond acceptors (Lipinski definition) is 3. The van der Waals surface area contributed by atoms with Gasteiger partial charge in [-0.3, -0.25) is 0 Å². The van der Waals surface area contributed by atoms with E-state index in [9.17, 15) is 0 Å². The lowest BCUT2D eigenvalue weighted by atomic mass is 10.2. The maximum Gasteiger partial charge on any atom is 0.128 e. The molecule has 0 fully saturated rings. The zero-order valence-corrected chi connectivity index (χ0v) is 10.4. The molecule has 0 aliphatic carbocycles. The van der Waals surface area contributed by atoms with Gasteiger partial charge in [0.1, 0.15) is 11.5 Å². The van der Waals surface area contributed by atoms with Crippen molar-refractivity contribution in [3.63, 3.8) is 0 Å². The lowest BCUT2D eigenvalue weighted by Gasteiger charge is -2.06. The van der Waals surface area contributed by atoms with E-state index >= 15 is 0 Å². The zero-order chi connectivity index (χ0) is 12.2. The van der Waals surface area contributed by atoms with Crippen molar-refractivity contribution < 1.29 is 4.74 Å². The van der Waals surface area contributed by atoms with Crippen LogP contribution < -0.4 is 4.74 Å². The highest BCUT2D eigenvalue weighted by molar-refractivity contribution is 7.07. The van der Waals surface area contributed by atoms with Crippen LogP contribution in [-0.4, -0.2) is 4.98 Å². The van der Waals surface area contributed by atoms with Crippen LogP contribution in [0, 0.1) is 6.07 Å². The largest absolute Gasteiger partial charge is 0.457 e. The second-order valence-electron chi connectivity index (χ2n) is 3.73. The molecule has 18 heavy (non-hydrogen) atoms. The third-order valence-electron chi connectivity index (χ3n) is 2.46. The molecule has 0 bridgehead atoms. The number of rotatable bonds is 3. The molecule has 0 amide bonds. The third kappa shape index (κ3) is 2.41. The van der Waals surface area contributed by atoms with Gasteiger partial charge in [0.25, 0.3) is 0 Å². The molecule has 0 saturated carbocycles. The average molecular weight is 252 g/mol. The summed E-state index contributed by atoms with van der Waals surface area (Å²) in [5.74, 6) is 1.62. The van der Waals surface area contributed by atoms with Gasteiger partial charge in [-0.2, -0.15) is 0 Å². The Labute approximate surface area is 110 Å². The quantitative estimate of drug-likeness (QED) is 0.689. The molecule has 1 heterocycles. The number of nitrogens with zero attached hydrogens (tertiary/aromatic N) is 1. The van der Waals surface area contributed by atoms with Gasteiger partial charge in [0.2, 0.25) is 0 Å². The number of thiazole rings is 1. The van der Waals surface area contributed by atoms with Crippen molar-refractivity contribution in [2.24, 2.45) is 0 Å². The fourth-order valence-corrected chi connectivity index (χ4v) is 2.18. The molecule has 0 saturated heterocycles. The summed E-state index contributed by atoms with van der Waals surface area (Å²) in [6, 6.07) is 18.6. The second-order valence-corrected chi connectivity index (χ2v) is 4.45. The molecule has 0 spiro atoms. The molecule has 3 heteroatoms. The van der Waals surface area contributed by atoms with Crippen molar-refractivity contribution in [2.75, 3.05) is 0 Å². The number of hydrogen-bond donors (Lipinski definition) is 0. The Balaban J connectivity index is 1.88. The van der Waals surface area contributed by atoms with Crippen molar-refractivity contribution in [1.29, 1.82) is 0 Å². The van der Waals surface area contributed by atoms with Crippen molar-refractivity contribution in [2.45, 2.75) is 0 Å². The lowest BCUT2D eigenvalue weighted by molar-refractivity contribution is 0.483. The molecule has 1 aromatic heterocycles. The van der Waals surface area contributed by atoms with E-state index < -0.39 is 0 Å². The number of benzene rings is 2. The molecule has 3 aromatic rings. The van der Waals surface area contributed by atoms with Gasteiger partial charge in [-0.15, -0.1) is 11.3 Å². The van der Waals surface area contributed by atoms with Crippen molar-refractivity contribution >= 4 is 11.3 Å². The van der Waals surface area contributed by atoms with Crippen LogP contribution in [0.1, 0.15) is 0 Å². The van der Waals surface area contributed by atoms with Gasteiger partial charge >= 0.3 is 0 Å². The number of ether oxygens (including phenoxy) is 1. The molecule has 0 unspecified atom stereocenters. The molecular formula is C15H10NOS. The molecule has 0 atom stereocenters. The molecule has 2 nitrogen and oxygen atoms in total. The molecular weight excluding hydrogens is 242 g/mol. The van der Waals surface area contributed by atoms with E-state index in [1.807, 2.05) is 59.4 Å². The average Bonchev–Trinajstić information content (AvgIpc) is 2.94. The molecule has 0 aliphatic rings. The molecule has 87 valence electrons. The normalized spacial score (nSPS) is 10.2. The van der Waals surface area contributed by atoms with Gasteiger partial charge in [0.05, 0.1) is 11.2 Å². The molecule has 0 aliphatic heterocycles. The summed E-state index contributed by atoms with van der Waals surface area (Å²) < 4.78 is 5.77. The highest BCUT2D eigenvalue weighted by Crippen LogP contribution is 2.26. The summed E-state index contributed by atoms with van der Waals surface area (Å²) in [5.41, 5.74) is 3.69. The van der Waals surface area contributed by atoms with Crippen LogP contribution in [-0.2, 0) is 0 Å². The fourth-order valence-electron chi connectivity index (χ4n) is 1.63. The minimum atomic E-state index is 0.794. The van der Waals surface area contributed by atoms with Crippen LogP contribution in [0.5, 0.6) is 11.5 Å². The standard InChI is InChI=1S/C15H10NOS/c1-2-6-13(7-3-1)17-14-8-4-5-12(9-14)15-10-18-11-16-15/h1-4,6-11H. The van der Waals surface area contributed by atoms with Crippen LogP contribution in [0.4, 0.5) is 0 Å². The predicted molar refractivity (Wildman–Crippen MR) is 72.9 cm³/mol. The summed E-state index contributed by atoms with van der Waals surface area (Å²) in [5, 5.41) is 2.00. The summed E-state index contributed by atoms with van der Waals surface area (Å²) >= 11 is 1.57. The van der Waals surface area contributed by atoms with E-state index in [-0.39, 0.29) is 0 Å². The summed E-state index contributed by atoms with van der Waals surface area (Å²) in [4.78, 5) is 4.27. The SMILES string of the molecule is [c]1ccc(Oc2ccccc2)cc1-c1cscn1. The zero-order valence-electron chi connectivity index (χ0n) is 9.54. The first kappa shape index (κ1) is 11.0. The third-order valence-corrected chi connectivity index (χ3v) is 3.05. The van der Waals surface area contributed by atoms with Crippen molar-refractivity contribution in [3.05, 3.63) is 65.5 Å². The van der Waals surface area contributed by atoms with Gasteiger partial charge < -0.3 is 4.74 Å². The topological polar surface area (TPSA) is 22.1 Å². The van der Waals surface area contributed by atoms with E-state index in [1.165, 1.54) is 0 Å². The Bertz CT molecular complexity index is 620. The first-order chi connectivity index (χ1) is 8.92. The van der Waals surface area contributed by atoms with Crippen LogP contribution in [0.2, 0.25) is 0 Å². The monoisotopic (exact) mass is 252 g/mol. The summed E-state index contributed by atoms with van der Waals surface area (Å²) in [7, 11) is 0. The van der Waals surface area contributed by atoms with Gasteiger partial charge in [0.15, 0.2) is 0 Å². The van der Waals surface area contributed by atoms with Crippen molar-refractivity contribution in [1.82, 2.24) is 4.98 Å². The Morgan fingerprint density at radius 1 is 1.06 bits per heavy atom. The maximum absolute atomic E-state index is 5.77. The van der Waals surface area contributed by atoms with Gasteiger partial charge in [0, 0.05) is 10.9 Å². The van der Waals surface area contributed by atoms with Crippen LogP contribution >= 0.6 is 11.3 Å². The van der Waals surface area contributed by atoms with Gasteiger partial charge in [-0.1, -0.05) is 18.2 Å². The minimum Gasteiger partial charge on any atom is -0.457 e. The number of para-hydroxylation sites is 1. The van der Waals surface area contributed by atoms with Gasteiger partial charge in [-0.25, -0.2) is 4.98 Å². The maximum atomic E-state index is 5.77. The highest BCUT2D eigenvalue weighted by atomic mass is 32.1. The first-order valence-corrected chi connectivity index (χ1v) is 6.49. The van der Waals surface area contributed by atoms with E-state index in [1.54, 1.807) is 11.3 Å². The molecule has 1 radical (unpaired) electrons. The molecule has 3 rings (SSSR count). The van der Waals surface area contributed by atoms with E-state index in [4.69, 9.17) is 4.74 Å². The number of aromatic nitrogens is 1. The van der Waals surface area contributed by atoms with E-state index in [0.29, 0.717) is 0 Å². The predicted octanol–water partition coefficient (Wildman–Crippen LogP) is 4.40. The van der Waals surface area contributed by atoms with Crippen LogP contribution in [0.3, 0.4) is 0 Å². The van der Waals surface area contributed by atoms with Crippen LogP contribution in [0.25, 0.3) is 11.3 Å². The Morgan fingerprint density at radius 2 is 1.94 bits per heavy atom. The Morgan fingerprint density at radius 3 is 2.72 bits per heavy atom. The highest BCUT2D eigenvalue weighted by Gasteiger charge is 2.02. The molecule has 0 N–H and O–H groups in total. The molecule has 2 aromatic carbocycles. The smallest absolute Gasteiger partial charge is 0.128 e. The van der Waals surface area contributed by atoms with Gasteiger partial charge in [-0.05, 0) is 36.4 Å². The minimum absolute atomic E-state index is 0.794.